The van der Waals surface area contributed by atoms with E-state index in [1.165, 1.54) is 11.3 Å². The van der Waals surface area contributed by atoms with Crippen LogP contribution >= 0.6 is 11.3 Å². The molecule has 0 atom stereocenters. The first-order valence-electron chi connectivity index (χ1n) is 3.74. The molecule has 1 aromatic heterocycles. The van der Waals surface area contributed by atoms with Crippen molar-refractivity contribution in [1.29, 1.82) is 0 Å². The number of thiophene rings is 1. The molecule has 5 heteroatoms. The Morgan fingerprint density at radius 3 is 3.08 bits per heavy atom. The Bertz CT molecular complexity index is 339. The maximum absolute atomic E-state index is 8.78. The molecule has 0 radical (unpaired) electrons. The molecule has 1 aromatic rings. The maximum Gasteiger partial charge on any atom is 0.0774 e. The molecular formula is C8H9N3OS. The highest BCUT2D eigenvalue weighted by atomic mass is 32.1. The number of hydrogen-bond donors (Lipinski definition) is 1. The molecule has 0 spiro atoms. The Labute approximate surface area is 79.8 Å². The van der Waals surface area contributed by atoms with Crippen molar-refractivity contribution in [2.75, 3.05) is 6.54 Å². The van der Waals surface area contributed by atoms with Gasteiger partial charge in [-0.25, -0.2) is 0 Å². The van der Waals surface area contributed by atoms with Gasteiger partial charge in [0.1, 0.15) is 0 Å². The van der Waals surface area contributed by atoms with Gasteiger partial charge in [-0.1, -0.05) is 11.2 Å². The lowest BCUT2D eigenvalue weighted by molar-refractivity contribution is 0.285. The average molecular weight is 195 g/mol. The fourth-order valence-corrected chi connectivity index (χ4v) is 1.63. The molecule has 0 saturated heterocycles. The first-order valence-corrected chi connectivity index (χ1v) is 4.55. The predicted octanol–water partition coefficient (Wildman–Crippen LogP) is 2.56. The molecule has 0 aliphatic rings. The summed E-state index contributed by atoms with van der Waals surface area (Å²) in [6, 6.07) is 3.79. The molecule has 1 heterocycles. The summed E-state index contributed by atoms with van der Waals surface area (Å²) in [5.41, 5.74) is 8.00. The largest absolute Gasteiger partial charge is 0.391 e. The van der Waals surface area contributed by atoms with Gasteiger partial charge < -0.3 is 5.11 Å². The van der Waals surface area contributed by atoms with E-state index in [2.05, 4.69) is 10.0 Å². The molecule has 0 unspecified atom stereocenters. The monoisotopic (exact) mass is 195 g/mol. The summed E-state index contributed by atoms with van der Waals surface area (Å²) in [6.45, 7) is 0.442. The van der Waals surface area contributed by atoms with E-state index < -0.39 is 0 Å². The average Bonchev–Trinajstić information content (AvgIpc) is 2.60. The summed E-state index contributed by atoms with van der Waals surface area (Å²) in [5, 5.41) is 12.1. The van der Waals surface area contributed by atoms with Crippen molar-refractivity contribution < 1.29 is 5.11 Å². The van der Waals surface area contributed by atoms with Gasteiger partial charge >= 0.3 is 0 Å². The van der Waals surface area contributed by atoms with Crippen LogP contribution in [0, 0.1) is 0 Å². The van der Waals surface area contributed by atoms with E-state index in [9.17, 15) is 0 Å². The molecule has 1 N–H and O–H groups in total. The lowest BCUT2D eigenvalue weighted by Crippen LogP contribution is -1.70. The number of azide groups is 1. The third-order valence-electron chi connectivity index (χ3n) is 1.37. The SMILES string of the molecule is [N-]=[N+]=NCC=Cc1ccc(CO)s1. The Kier molecular flexibility index (Phi) is 4.05. The summed E-state index contributed by atoms with van der Waals surface area (Å²) in [7, 11) is 0. The second-order valence-electron chi connectivity index (χ2n) is 2.28. The molecule has 0 aliphatic carbocycles. The van der Waals surface area contributed by atoms with Crippen molar-refractivity contribution in [2.24, 2.45) is 5.11 Å². The number of hydrogen-bond acceptors (Lipinski definition) is 3. The van der Waals surface area contributed by atoms with Crippen LogP contribution in [0.15, 0.2) is 23.3 Å². The van der Waals surface area contributed by atoms with E-state index in [4.69, 9.17) is 10.6 Å². The van der Waals surface area contributed by atoms with Crippen molar-refractivity contribution in [3.63, 3.8) is 0 Å². The third-order valence-corrected chi connectivity index (χ3v) is 2.41. The minimum atomic E-state index is 0.0782. The molecule has 0 fully saturated rings. The van der Waals surface area contributed by atoms with Gasteiger partial charge in [-0.2, -0.15) is 0 Å². The normalized spacial score (nSPS) is 10.2. The van der Waals surface area contributed by atoms with Gasteiger partial charge in [-0.15, -0.1) is 11.3 Å². The molecule has 0 saturated carbocycles. The van der Waals surface area contributed by atoms with E-state index in [-0.39, 0.29) is 6.61 Å². The maximum atomic E-state index is 8.78. The fraction of sp³-hybridized carbons (Fsp3) is 0.250. The van der Waals surface area contributed by atoms with Crippen LogP contribution in [0.5, 0.6) is 0 Å². The van der Waals surface area contributed by atoms with E-state index >= 15 is 0 Å². The summed E-state index contributed by atoms with van der Waals surface area (Å²) in [5.74, 6) is 0. The highest BCUT2D eigenvalue weighted by Crippen LogP contribution is 2.17. The van der Waals surface area contributed by atoms with Crippen LogP contribution in [-0.2, 0) is 6.61 Å². The van der Waals surface area contributed by atoms with E-state index in [1.807, 2.05) is 18.2 Å². The first kappa shape index (κ1) is 9.80. The predicted molar refractivity (Wildman–Crippen MR) is 53.3 cm³/mol. The number of rotatable bonds is 4. The van der Waals surface area contributed by atoms with E-state index in [1.54, 1.807) is 6.08 Å². The van der Waals surface area contributed by atoms with E-state index in [0.717, 1.165) is 9.75 Å². The van der Waals surface area contributed by atoms with Gasteiger partial charge in [0.2, 0.25) is 0 Å². The molecule has 0 aliphatic heterocycles. The van der Waals surface area contributed by atoms with Crippen molar-refractivity contribution >= 4 is 17.4 Å². The third kappa shape index (κ3) is 3.29. The molecule has 13 heavy (non-hydrogen) atoms. The molecule has 0 aromatic carbocycles. The van der Waals surface area contributed by atoms with Crippen LogP contribution in [0.2, 0.25) is 0 Å². The Morgan fingerprint density at radius 1 is 1.62 bits per heavy atom. The molecule has 4 nitrogen and oxygen atoms in total. The summed E-state index contributed by atoms with van der Waals surface area (Å²) >= 11 is 1.52. The van der Waals surface area contributed by atoms with Gasteiger partial charge in [0.15, 0.2) is 0 Å². The Morgan fingerprint density at radius 2 is 2.46 bits per heavy atom. The summed E-state index contributed by atoms with van der Waals surface area (Å²) < 4.78 is 0. The second-order valence-corrected chi connectivity index (χ2v) is 3.48. The molecule has 0 amide bonds. The Hall–Kier alpha value is -1.29. The highest BCUT2D eigenvalue weighted by molar-refractivity contribution is 7.12. The number of nitrogens with zero attached hydrogens (tertiary/aromatic N) is 3. The molecule has 1 rings (SSSR count). The highest BCUT2D eigenvalue weighted by Gasteiger charge is 1.93. The number of aliphatic hydroxyl groups excluding tert-OH is 1. The van der Waals surface area contributed by atoms with Crippen LogP contribution in [0.1, 0.15) is 9.75 Å². The lowest BCUT2D eigenvalue weighted by atomic mass is 10.4. The summed E-state index contributed by atoms with van der Waals surface area (Å²) in [6.07, 6.45) is 3.66. The van der Waals surface area contributed by atoms with Crippen LogP contribution in [0.4, 0.5) is 0 Å². The van der Waals surface area contributed by atoms with Gasteiger partial charge in [-0.3, -0.25) is 0 Å². The molecule has 68 valence electrons. The smallest absolute Gasteiger partial charge is 0.0774 e. The fourth-order valence-electron chi connectivity index (χ4n) is 0.822. The quantitative estimate of drug-likeness (QED) is 0.447. The minimum absolute atomic E-state index is 0.0782. The molecule has 0 bridgehead atoms. The van der Waals surface area contributed by atoms with Crippen LogP contribution in [-0.4, -0.2) is 11.7 Å². The number of aliphatic hydroxyl groups is 1. The minimum Gasteiger partial charge on any atom is -0.391 e. The van der Waals surface area contributed by atoms with Crippen LogP contribution in [0.3, 0.4) is 0 Å². The topological polar surface area (TPSA) is 69.0 Å². The zero-order chi connectivity index (χ0) is 9.52. The van der Waals surface area contributed by atoms with E-state index in [0.29, 0.717) is 6.54 Å². The van der Waals surface area contributed by atoms with Crippen molar-refractivity contribution in [1.82, 2.24) is 0 Å². The van der Waals surface area contributed by atoms with Gasteiger partial charge in [0, 0.05) is 21.2 Å². The van der Waals surface area contributed by atoms with Crippen molar-refractivity contribution in [3.8, 4) is 0 Å². The second kappa shape index (κ2) is 5.37. The van der Waals surface area contributed by atoms with Gasteiger partial charge in [-0.05, 0) is 23.7 Å². The standard InChI is InChI=1S/C8H9N3OS/c9-11-10-5-1-2-7-3-4-8(6-12)13-7/h1-4,12H,5-6H2. The van der Waals surface area contributed by atoms with Crippen LogP contribution in [0.25, 0.3) is 16.5 Å². The van der Waals surface area contributed by atoms with Gasteiger partial charge in [0.25, 0.3) is 0 Å². The zero-order valence-corrected chi connectivity index (χ0v) is 7.74. The Balaban J connectivity index is 2.53. The first-order chi connectivity index (χ1) is 6.36. The van der Waals surface area contributed by atoms with Crippen molar-refractivity contribution in [3.05, 3.63) is 38.4 Å². The molecular weight excluding hydrogens is 186 g/mol. The van der Waals surface area contributed by atoms with Crippen LogP contribution < -0.4 is 0 Å². The lowest BCUT2D eigenvalue weighted by Gasteiger charge is -1.83. The summed E-state index contributed by atoms with van der Waals surface area (Å²) in [4.78, 5) is 4.61. The van der Waals surface area contributed by atoms with Crippen molar-refractivity contribution in [2.45, 2.75) is 6.61 Å². The zero-order valence-electron chi connectivity index (χ0n) is 6.92. The van der Waals surface area contributed by atoms with Gasteiger partial charge in [0.05, 0.1) is 6.61 Å².